The molecule has 0 aliphatic carbocycles. The van der Waals surface area contributed by atoms with Crippen LogP contribution in [0.1, 0.15) is 32.4 Å². The average molecular weight is 238 g/mol. The maximum atomic E-state index is 10.8. The molecular weight excluding hydrogens is 220 g/mol. The minimum Gasteiger partial charge on any atom is -0.465 e. The molecule has 3 N–H and O–H groups in total. The molecule has 0 saturated carbocycles. The summed E-state index contributed by atoms with van der Waals surface area (Å²) in [6.07, 6.45) is 1.10. The number of aromatic nitrogens is 1. The van der Waals surface area contributed by atoms with Gasteiger partial charge in [-0.3, -0.25) is 4.98 Å². The number of rotatable bonds is 3. The standard InChI is InChI=1S/C12H18N2O3/c1-12(2,3)10(14-11(16)17)9(15)8-4-6-13-7-5-8/h4-7,9-10,14-15H,1-3H3,(H,16,17). The molecule has 1 amide bonds. The predicted octanol–water partition coefficient (Wildman–Crippen LogP) is 1.80. The minimum absolute atomic E-state index is 0.388. The Balaban J connectivity index is 2.95. The SMILES string of the molecule is CC(C)(C)C(NC(=O)O)C(O)c1ccncc1. The predicted molar refractivity (Wildman–Crippen MR) is 63.6 cm³/mol. The zero-order valence-corrected chi connectivity index (χ0v) is 10.2. The summed E-state index contributed by atoms with van der Waals surface area (Å²) < 4.78 is 0. The van der Waals surface area contributed by atoms with Gasteiger partial charge in [0.05, 0.1) is 12.1 Å². The molecule has 1 rings (SSSR count). The normalized spacial score (nSPS) is 15.1. The molecule has 0 aliphatic heterocycles. The van der Waals surface area contributed by atoms with Crippen molar-refractivity contribution in [3.05, 3.63) is 30.1 Å². The van der Waals surface area contributed by atoms with Crippen LogP contribution in [-0.2, 0) is 0 Å². The van der Waals surface area contributed by atoms with E-state index < -0.39 is 18.2 Å². The lowest BCUT2D eigenvalue weighted by Gasteiger charge is -2.34. The van der Waals surface area contributed by atoms with E-state index in [1.54, 1.807) is 24.5 Å². The largest absolute Gasteiger partial charge is 0.465 e. The molecule has 1 heterocycles. The first kappa shape index (κ1) is 13.4. The van der Waals surface area contributed by atoms with Gasteiger partial charge >= 0.3 is 6.09 Å². The Hall–Kier alpha value is -1.62. The van der Waals surface area contributed by atoms with Crippen molar-refractivity contribution in [1.29, 1.82) is 0 Å². The number of hydrogen-bond donors (Lipinski definition) is 3. The summed E-state index contributed by atoms with van der Waals surface area (Å²) in [5, 5.41) is 21.4. The van der Waals surface area contributed by atoms with Crippen LogP contribution in [-0.4, -0.2) is 27.3 Å². The smallest absolute Gasteiger partial charge is 0.404 e. The molecule has 2 unspecified atom stereocenters. The van der Waals surface area contributed by atoms with Gasteiger partial charge in [0.15, 0.2) is 0 Å². The molecule has 0 aliphatic rings. The van der Waals surface area contributed by atoms with Crippen molar-refractivity contribution in [3.8, 4) is 0 Å². The van der Waals surface area contributed by atoms with E-state index in [1.807, 2.05) is 20.8 Å². The minimum atomic E-state index is -1.14. The summed E-state index contributed by atoms with van der Waals surface area (Å²) in [6, 6.07) is 2.77. The Morgan fingerprint density at radius 1 is 1.35 bits per heavy atom. The number of carboxylic acid groups (broad SMARTS) is 1. The number of aliphatic hydroxyl groups excluding tert-OH is 1. The van der Waals surface area contributed by atoms with Crippen molar-refractivity contribution in [2.24, 2.45) is 5.41 Å². The topological polar surface area (TPSA) is 82.5 Å². The van der Waals surface area contributed by atoms with Gasteiger partial charge in [0, 0.05) is 12.4 Å². The van der Waals surface area contributed by atoms with E-state index in [9.17, 15) is 9.90 Å². The Kier molecular flexibility index (Phi) is 4.07. The van der Waals surface area contributed by atoms with Gasteiger partial charge in [-0.1, -0.05) is 20.8 Å². The van der Waals surface area contributed by atoms with Crippen LogP contribution in [0.25, 0.3) is 0 Å². The van der Waals surface area contributed by atoms with E-state index in [4.69, 9.17) is 5.11 Å². The lowest BCUT2D eigenvalue weighted by atomic mass is 9.81. The first-order valence-electron chi connectivity index (χ1n) is 5.40. The van der Waals surface area contributed by atoms with Crippen LogP contribution in [0.4, 0.5) is 4.79 Å². The van der Waals surface area contributed by atoms with Crippen molar-refractivity contribution >= 4 is 6.09 Å². The summed E-state index contributed by atoms with van der Waals surface area (Å²) in [5.41, 5.74) is 0.259. The van der Waals surface area contributed by atoms with Crippen LogP contribution >= 0.6 is 0 Å². The summed E-state index contributed by atoms with van der Waals surface area (Å²) in [4.78, 5) is 14.6. The Bertz CT molecular complexity index is 373. The maximum Gasteiger partial charge on any atom is 0.404 e. The lowest BCUT2D eigenvalue weighted by molar-refractivity contribution is 0.0684. The van der Waals surface area contributed by atoms with Crippen molar-refractivity contribution in [2.75, 3.05) is 0 Å². The number of carbonyl (C=O) groups is 1. The van der Waals surface area contributed by atoms with Crippen LogP contribution in [0.15, 0.2) is 24.5 Å². The van der Waals surface area contributed by atoms with E-state index in [1.165, 1.54) is 0 Å². The van der Waals surface area contributed by atoms with E-state index in [-0.39, 0.29) is 5.41 Å². The second-order valence-corrected chi connectivity index (χ2v) is 5.02. The molecule has 5 heteroatoms. The summed E-state index contributed by atoms with van der Waals surface area (Å²) >= 11 is 0. The van der Waals surface area contributed by atoms with E-state index in [0.717, 1.165) is 0 Å². The zero-order chi connectivity index (χ0) is 13.1. The molecule has 1 aromatic rings. The van der Waals surface area contributed by atoms with Gasteiger partial charge < -0.3 is 15.5 Å². The summed E-state index contributed by atoms with van der Waals surface area (Å²) in [6.45, 7) is 5.62. The Labute approximate surface area is 101 Å². The van der Waals surface area contributed by atoms with Crippen LogP contribution in [0.3, 0.4) is 0 Å². The molecule has 94 valence electrons. The molecule has 5 nitrogen and oxygen atoms in total. The number of nitrogens with one attached hydrogen (secondary N) is 1. The highest BCUT2D eigenvalue weighted by Gasteiger charge is 2.33. The van der Waals surface area contributed by atoms with Crippen LogP contribution in [0.5, 0.6) is 0 Å². The van der Waals surface area contributed by atoms with Gasteiger partial charge in [-0.2, -0.15) is 0 Å². The Morgan fingerprint density at radius 2 is 1.88 bits per heavy atom. The van der Waals surface area contributed by atoms with Gasteiger partial charge in [0.25, 0.3) is 0 Å². The van der Waals surface area contributed by atoms with Crippen LogP contribution in [0.2, 0.25) is 0 Å². The van der Waals surface area contributed by atoms with Crippen molar-refractivity contribution in [2.45, 2.75) is 32.9 Å². The van der Waals surface area contributed by atoms with E-state index in [0.29, 0.717) is 5.56 Å². The monoisotopic (exact) mass is 238 g/mol. The van der Waals surface area contributed by atoms with Crippen molar-refractivity contribution < 1.29 is 15.0 Å². The second kappa shape index (κ2) is 5.14. The molecule has 2 atom stereocenters. The molecule has 1 aromatic heterocycles. The van der Waals surface area contributed by atoms with Crippen LogP contribution in [0, 0.1) is 5.41 Å². The highest BCUT2D eigenvalue weighted by molar-refractivity contribution is 5.65. The number of nitrogens with zero attached hydrogens (tertiary/aromatic N) is 1. The fourth-order valence-electron chi connectivity index (χ4n) is 1.66. The zero-order valence-electron chi connectivity index (χ0n) is 10.2. The fraction of sp³-hybridized carbons (Fsp3) is 0.500. The summed E-state index contributed by atoms with van der Waals surface area (Å²) in [5.74, 6) is 0. The van der Waals surface area contributed by atoms with Gasteiger partial charge in [-0.15, -0.1) is 0 Å². The molecule has 0 bridgehead atoms. The Morgan fingerprint density at radius 3 is 2.29 bits per heavy atom. The van der Waals surface area contributed by atoms with Crippen molar-refractivity contribution in [1.82, 2.24) is 10.3 Å². The first-order chi connectivity index (χ1) is 7.82. The van der Waals surface area contributed by atoms with Gasteiger partial charge in [0.2, 0.25) is 0 Å². The van der Waals surface area contributed by atoms with E-state index >= 15 is 0 Å². The third-order valence-corrected chi connectivity index (χ3v) is 2.58. The molecule has 0 saturated heterocycles. The molecule has 0 fully saturated rings. The van der Waals surface area contributed by atoms with Gasteiger partial charge in [0.1, 0.15) is 0 Å². The highest BCUT2D eigenvalue weighted by Crippen LogP contribution is 2.29. The summed E-state index contributed by atoms with van der Waals surface area (Å²) in [7, 11) is 0. The van der Waals surface area contributed by atoms with Crippen molar-refractivity contribution in [3.63, 3.8) is 0 Å². The molecule has 0 spiro atoms. The number of aliphatic hydroxyl groups is 1. The lowest BCUT2D eigenvalue weighted by Crippen LogP contribution is -2.47. The molecule has 17 heavy (non-hydrogen) atoms. The number of pyridine rings is 1. The first-order valence-corrected chi connectivity index (χ1v) is 5.40. The maximum absolute atomic E-state index is 10.8. The average Bonchev–Trinajstić information content (AvgIpc) is 2.24. The fourth-order valence-corrected chi connectivity index (χ4v) is 1.66. The van der Waals surface area contributed by atoms with Crippen LogP contribution < -0.4 is 5.32 Å². The third kappa shape index (κ3) is 3.71. The van der Waals surface area contributed by atoms with Gasteiger partial charge in [-0.05, 0) is 23.1 Å². The van der Waals surface area contributed by atoms with Gasteiger partial charge in [-0.25, -0.2) is 4.79 Å². The highest BCUT2D eigenvalue weighted by atomic mass is 16.4. The van der Waals surface area contributed by atoms with E-state index in [2.05, 4.69) is 10.3 Å². The molecule has 0 radical (unpaired) electrons. The second-order valence-electron chi connectivity index (χ2n) is 5.02. The molecule has 0 aromatic carbocycles. The number of amides is 1. The quantitative estimate of drug-likeness (QED) is 0.749. The molecular formula is C12H18N2O3. The third-order valence-electron chi connectivity index (χ3n) is 2.58. The number of hydrogen-bond acceptors (Lipinski definition) is 3.